The van der Waals surface area contributed by atoms with Crippen molar-refractivity contribution in [3.63, 3.8) is 0 Å². The van der Waals surface area contributed by atoms with Crippen LogP contribution in [-0.4, -0.2) is 0 Å². The van der Waals surface area contributed by atoms with Crippen LogP contribution in [0.25, 0.3) is 77.2 Å². The van der Waals surface area contributed by atoms with Crippen LogP contribution >= 0.6 is 0 Å². The lowest BCUT2D eigenvalue weighted by Crippen LogP contribution is -2.11. The summed E-state index contributed by atoms with van der Waals surface area (Å²) in [5.74, 6) is -1.33. The van der Waals surface area contributed by atoms with Crippen molar-refractivity contribution in [3.8, 4) is 56.0 Å². The van der Waals surface area contributed by atoms with Crippen LogP contribution in [-0.2, 0) is 0 Å². The van der Waals surface area contributed by atoms with Gasteiger partial charge in [0, 0.05) is 44.4 Å². The first-order chi connectivity index (χ1) is 34.4. The van der Waals surface area contributed by atoms with Crippen LogP contribution in [0.15, 0.2) is 204 Å². The Labute approximate surface area is 342 Å². The molecule has 11 rings (SSSR count). The standard InChI is InChI=1S/C52H33NO2/c1-3-13-34(14-4-1)37-24-27-43-44-28-23-36-17-7-8-19-41(36)52(44)46-33-39(26-30-50(46)55-51(43)31-37)53(47-21-11-9-18-40(47)35-15-5-2-6-16-35)38-25-29-49-45(32-38)42-20-10-12-22-48(42)54-49/h1-33H/i1D,3D,4D,7D,8D,13D,14D,17D,19D,23D,24D,26D,27D,28D,30D,31D,33D. The average molecular weight is 721 g/mol. The van der Waals surface area contributed by atoms with Crippen LogP contribution in [0.4, 0.5) is 17.1 Å². The third kappa shape index (κ3) is 5.20. The van der Waals surface area contributed by atoms with Gasteiger partial charge in [0.05, 0.1) is 29.0 Å². The van der Waals surface area contributed by atoms with E-state index in [0.29, 0.717) is 33.5 Å². The van der Waals surface area contributed by atoms with Gasteiger partial charge in [-0.1, -0.05) is 139 Å². The molecule has 3 nitrogen and oxygen atoms in total. The van der Waals surface area contributed by atoms with Gasteiger partial charge >= 0.3 is 0 Å². The quantitative estimate of drug-likeness (QED) is 0.177. The van der Waals surface area contributed by atoms with E-state index in [1.807, 2.05) is 72.8 Å². The molecule has 0 bridgehead atoms. The van der Waals surface area contributed by atoms with Crippen molar-refractivity contribution in [2.24, 2.45) is 0 Å². The second-order valence-corrected chi connectivity index (χ2v) is 12.7. The molecule has 2 heterocycles. The fourth-order valence-electron chi connectivity index (χ4n) is 7.11. The highest BCUT2D eigenvalue weighted by atomic mass is 16.5. The van der Waals surface area contributed by atoms with Crippen molar-refractivity contribution < 1.29 is 32.5 Å². The first kappa shape index (κ1) is 18.6. The Kier molecular flexibility index (Phi) is 4.28. The molecular weight excluding hydrogens is 671 g/mol. The number of hydrogen-bond donors (Lipinski definition) is 0. The number of nitrogens with zero attached hydrogens (tertiary/aromatic N) is 1. The van der Waals surface area contributed by atoms with Crippen LogP contribution < -0.4 is 9.64 Å². The zero-order chi connectivity index (χ0) is 51.1. The molecule has 0 N–H and O–H groups in total. The lowest BCUT2D eigenvalue weighted by Gasteiger charge is -2.29. The van der Waals surface area contributed by atoms with E-state index >= 15 is 0 Å². The molecule has 0 radical (unpaired) electrons. The summed E-state index contributed by atoms with van der Waals surface area (Å²) >= 11 is 0. The predicted octanol–water partition coefficient (Wildman–Crippen LogP) is 15.0. The smallest absolute Gasteiger partial charge is 0.135 e. The van der Waals surface area contributed by atoms with E-state index in [-0.39, 0.29) is 11.3 Å². The lowest BCUT2D eigenvalue weighted by molar-refractivity contribution is 0.488. The Morgan fingerprint density at radius 3 is 2.15 bits per heavy atom. The molecule has 0 spiro atoms. The topological polar surface area (TPSA) is 25.6 Å². The summed E-state index contributed by atoms with van der Waals surface area (Å²) in [6, 6.07) is 16.3. The van der Waals surface area contributed by atoms with Gasteiger partial charge in [0.15, 0.2) is 0 Å². The number of fused-ring (bicyclic) bond motifs is 10. The van der Waals surface area contributed by atoms with Gasteiger partial charge in [0.25, 0.3) is 0 Å². The zero-order valence-electron chi connectivity index (χ0n) is 45.5. The molecule has 0 unspecified atom stereocenters. The number of para-hydroxylation sites is 2. The third-order valence-corrected chi connectivity index (χ3v) is 9.57. The Morgan fingerprint density at radius 2 is 1.22 bits per heavy atom. The SMILES string of the molecule is [2H]c1c([2H])c([2H])c(-c2c([2H])c([2H])c3c(c2[2H])Oc2c([2H])c([2H])c(N(c4ccc5oc6ccccc6c5c4)c4ccccc4-c4ccccc4)c([2H])c2-c2c-3c([2H])c([2H])c3c([2H])c([2H])c([2H])c([2H])c23)c([2H])c1[2H]. The fraction of sp³-hybridized carbons (Fsp3) is 0. The Morgan fingerprint density at radius 1 is 0.436 bits per heavy atom. The minimum atomic E-state index is -0.858. The van der Waals surface area contributed by atoms with Crippen molar-refractivity contribution >= 4 is 49.8 Å². The summed E-state index contributed by atoms with van der Waals surface area (Å²) in [4.78, 5) is 1.60. The van der Waals surface area contributed by atoms with Gasteiger partial charge in [-0.25, -0.2) is 0 Å². The van der Waals surface area contributed by atoms with Gasteiger partial charge in [-0.2, -0.15) is 0 Å². The summed E-state index contributed by atoms with van der Waals surface area (Å²) in [7, 11) is 0. The first-order valence-corrected chi connectivity index (χ1v) is 17.3. The number of benzene rings is 9. The van der Waals surface area contributed by atoms with Gasteiger partial charge in [0.1, 0.15) is 22.7 Å². The molecule has 0 saturated carbocycles. The van der Waals surface area contributed by atoms with Crippen LogP contribution in [0.3, 0.4) is 0 Å². The molecule has 0 amide bonds. The molecule has 258 valence electrons. The number of furan rings is 1. The molecule has 0 aliphatic carbocycles. The highest BCUT2D eigenvalue weighted by Gasteiger charge is 2.26. The van der Waals surface area contributed by atoms with E-state index in [2.05, 4.69) is 0 Å². The molecule has 0 saturated heterocycles. The summed E-state index contributed by atoms with van der Waals surface area (Å²) in [6.45, 7) is 0. The van der Waals surface area contributed by atoms with E-state index < -0.39 is 153 Å². The molecule has 1 aliphatic heterocycles. The second kappa shape index (κ2) is 12.6. The molecule has 1 aromatic heterocycles. The van der Waals surface area contributed by atoms with E-state index in [1.165, 1.54) is 0 Å². The monoisotopic (exact) mass is 720 g/mol. The molecule has 10 aromatic rings. The van der Waals surface area contributed by atoms with Gasteiger partial charge in [-0.05, 0) is 93.6 Å². The number of anilines is 3. The Bertz CT molecular complexity index is 4030. The van der Waals surface area contributed by atoms with Crippen LogP contribution in [0, 0.1) is 0 Å². The van der Waals surface area contributed by atoms with Gasteiger partial charge in [-0.3, -0.25) is 0 Å². The Hall–Kier alpha value is -7.36. The van der Waals surface area contributed by atoms with E-state index in [9.17, 15) is 12.3 Å². The largest absolute Gasteiger partial charge is 0.456 e. The summed E-state index contributed by atoms with van der Waals surface area (Å²) < 4.78 is 169. The number of hydrogen-bond acceptors (Lipinski definition) is 3. The molecule has 0 fully saturated rings. The normalized spacial score (nSPS) is 16.1. The van der Waals surface area contributed by atoms with Gasteiger partial charge in [-0.15, -0.1) is 0 Å². The highest BCUT2D eigenvalue weighted by Crippen LogP contribution is 2.52. The maximum atomic E-state index is 10.5. The summed E-state index contributed by atoms with van der Waals surface area (Å²) in [5.41, 5.74) is -0.0478. The van der Waals surface area contributed by atoms with Gasteiger partial charge < -0.3 is 14.1 Å². The number of rotatable bonds is 5. The molecule has 9 aromatic carbocycles. The average Bonchev–Trinajstić information content (AvgIpc) is 3.67. The maximum Gasteiger partial charge on any atom is 0.135 e. The van der Waals surface area contributed by atoms with Crippen molar-refractivity contribution in [2.75, 3.05) is 4.90 Å². The van der Waals surface area contributed by atoms with Gasteiger partial charge in [0.2, 0.25) is 0 Å². The first-order valence-electron chi connectivity index (χ1n) is 25.8. The molecule has 0 atom stereocenters. The van der Waals surface area contributed by atoms with Crippen molar-refractivity contribution in [2.45, 2.75) is 0 Å². The van der Waals surface area contributed by atoms with E-state index in [0.717, 1.165) is 10.9 Å². The lowest BCUT2D eigenvalue weighted by atomic mass is 9.89. The maximum absolute atomic E-state index is 10.5. The van der Waals surface area contributed by atoms with Crippen molar-refractivity contribution in [3.05, 3.63) is 200 Å². The molecule has 3 heteroatoms. The minimum absolute atomic E-state index is 0.247. The predicted molar refractivity (Wildman–Crippen MR) is 228 cm³/mol. The summed E-state index contributed by atoms with van der Waals surface area (Å²) in [6.07, 6.45) is 0. The number of ether oxygens (including phenoxy) is 1. The fourth-order valence-corrected chi connectivity index (χ4v) is 7.11. The molecule has 1 aliphatic rings. The van der Waals surface area contributed by atoms with E-state index in [4.69, 9.17) is 20.1 Å². The van der Waals surface area contributed by atoms with Crippen molar-refractivity contribution in [1.29, 1.82) is 0 Å². The van der Waals surface area contributed by atoms with E-state index in [1.54, 1.807) is 29.2 Å². The second-order valence-electron chi connectivity index (χ2n) is 12.7. The highest BCUT2D eigenvalue weighted by molar-refractivity contribution is 6.09. The Balaban J connectivity index is 1.33. The molecular formula is C52H33NO2. The minimum Gasteiger partial charge on any atom is -0.456 e. The molecule has 55 heavy (non-hydrogen) atoms. The zero-order valence-corrected chi connectivity index (χ0v) is 28.5. The van der Waals surface area contributed by atoms with Crippen molar-refractivity contribution in [1.82, 2.24) is 0 Å². The van der Waals surface area contributed by atoms with Crippen LogP contribution in [0.1, 0.15) is 23.3 Å². The summed E-state index contributed by atoms with van der Waals surface area (Å²) in [5, 5.41) is 0.560. The van der Waals surface area contributed by atoms with Crippen LogP contribution in [0.2, 0.25) is 0 Å². The van der Waals surface area contributed by atoms with Crippen LogP contribution in [0.5, 0.6) is 11.5 Å². The third-order valence-electron chi connectivity index (χ3n) is 9.57.